The number of hydrogen-bond acceptors (Lipinski definition) is 4. The maximum absolute atomic E-state index is 12.3. The largest absolute Gasteiger partial charge is 0.494 e. The Labute approximate surface area is 180 Å². The third-order valence-corrected chi connectivity index (χ3v) is 4.34. The number of hydrogen-bond donors (Lipinski definition) is 3. The van der Waals surface area contributed by atoms with Gasteiger partial charge in [-0.05, 0) is 60.5 Å². The van der Waals surface area contributed by atoms with E-state index in [2.05, 4.69) is 30.0 Å². The van der Waals surface area contributed by atoms with E-state index in [4.69, 9.17) is 28.6 Å². The lowest BCUT2D eigenvalue weighted by Crippen LogP contribution is -2.48. The van der Waals surface area contributed by atoms with E-state index in [1.807, 2.05) is 0 Å². The van der Waals surface area contributed by atoms with Crippen LogP contribution in [0, 0.1) is 5.92 Å². The summed E-state index contributed by atoms with van der Waals surface area (Å²) < 4.78 is 5.66. The summed E-state index contributed by atoms with van der Waals surface area (Å²) in [6.45, 7) is 4.83. The molecule has 0 saturated heterocycles. The van der Waals surface area contributed by atoms with Crippen LogP contribution in [0.3, 0.4) is 0 Å². The predicted octanol–water partition coefficient (Wildman–Crippen LogP) is 3.64. The molecule has 0 unspecified atom stereocenters. The van der Waals surface area contributed by atoms with Crippen LogP contribution >= 0.6 is 23.8 Å². The normalized spacial score (nSPS) is 10.3. The van der Waals surface area contributed by atoms with Gasteiger partial charge in [0.15, 0.2) is 5.11 Å². The fourth-order valence-electron chi connectivity index (χ4n) is 2.30. The van der Waals surface area contributed by atoms with Gasteiger partial charge in [0.05, 0.1) is 13.0 Å². The van der Waals surface area contributed by atoms with E-state index in [0.29, 0.717) is 28.9 Å². The molecule has 6 nitrogen and oxygen atoms in total. The highest BCUT2D eigenvalue weighted by Crippen LogP contribution is 2.14. The number of nitrogens with one attached hydrogen (secondary N) is 3. The van der Waals surface area contributed by atoms with Crippen LogP contribution in [0.2, 0.25) is 5.02 Å². The van der Waals surface area contributed by atoms with Crippen molar-refractivity contribution in [1.82, 2.24) is 16.2 Å². The summed E-state index contributed by atoms with van der Waals surface area (Å²) in [4.78, 5) is 24.3. The van der Waals surface area contributed by atoms with E-state index in [-0.39, 0.29) is 17.4 Å². The molecule has 3 N–H and O–H groups in total. The summed E-state index contributed by atoms with van der Waals surface area (Å²) in [7, 11) is 0. The second kappa shape index (κ2) is 11.4. The molecule has 0 spiro atoms. The van der Waals surface area contributed by atoms with Gasteiger partial charge in [-0.2, -0.15) is 0 Å². The summed E-state index contributed by atoms with van der Waals surface area (Å²) in [5, 5.41) is 3.11. The van der Waals surface area contributed by atoms with Gasteiger partial charge in [0.1, 0.15) is 5.75 Å². The Morgan fingerprint density at radius 3 is 2.52 bits per heavy atom. The summed E-state index contributed by atoms with van der Waals surface area (Å²) in [6, 6.07) is 13.8. The number of ether oxygens (including phenoxy) is 1. The fraction of sp³-hybridized carbons (Fsp3) is 0.286. The van der Waals surface area contributed by atoms with Crippen LogP contribution in [0.5, 0.6) is 5.75 Å². The van der Waals surface area contributed by atoms with Gasteiger partial charge in [0, 0.05) is 10.6 Å². The van der Waals surface area contributed by atoms with Crippen molar-refractivity contribution in [2.45, 2.75) is 26.7 Å². The number of carbonyl (C=O) groups is 2. The fourth-order valence-corrected chi connectivity index (χ4v) is 2.57. The lowest BCUT2D eigenvalue weighted by Gasteiger charge is -2.12. The second-order valence-corrected chi connectivity index (χ2v) is 7.66. The summed E-state index contributed by atoms with van der Waals surface area (Å²) >= 11 is 10.9. The molecule has 0 heterocycles. The van der Waals surface area contributed by atoms with Gasteiger partial charge < -0.3 is 4.74 Å². The Morgan fingerprint density at radius 2 is 1.83 bits per heavy atom. The van der Waals surface area contributed by atoms with Crippen molar-refractivity contribution >= 4 is 40.7 Å². The Morgan fingerprint density at radius 1 is 1.10 bits per heavy atom. The maximum atomic E-state index is 12.3. The lowest BCUT2D eigenvalue weighted by molar-refractivity contribution is -0.121. The van der Waals surface area contributed by atoms with Crippen molar-refractivity contribution in [3.63, 3.8) is 0 Å². The third-order valence-electron chi connectivity index (χ3n) is 3.88. The first-order chi connectivity index (χ1) is 13.8. The Bertz CT molecular complexity index is 857. The number of thiocarbonyl (C=S) groups is 1. The molecule has 8 heteroatoms. The van der Waals surface area contributed by atoms with Crippen molar-refractivity contribution in [3.8, 4) is 5.75 Å². The number of rotatable bonds is 7. The molecule has 0 aromatic heterocycles. The van der Waals surface area contributed by atoms with Crippen LogP contribution in [0.4, 0.5) is 0 Å². The lowest BCUT2D eigenvalue weighted by atomic mass is 10.1. The third kappa shape index (κ3) is 8.50. The summed E-state index contributed by atoms with van der Waals surface area (Å²) in [5.74, 6) is 0.460. The molecular weight excluding hydrogens is 410 g/mol. The van der Waals surface area contributed by atoms with Crippen LogP contribution in [-0.2, 0) is 11.2 Å². The Kier molecular flexibility index (Phi) is 8.89. The molecule has 154 valence electrons. The molecule has 0 aliphatic heterocycles. The molecule has 29 heavy (non-hydrogen) atoms. The van der Waals surface area contributed by atoms with E-state index in [0.717, 1.165) is 12.0 Å². The van der Waals surface area contributed by atoms with Gasteiger partial charge in [-0.3, -0.25) is 25.8 Å². The van der Waals surface area contributed by atoms with Crippen molar-refractivity contribution < 1.29 is 14.3 Å². The molecule has 2 aromatic carbocycles. The van der Waals surface area contributed by atoms with Crippen molar-refractivity contribution in [2.75, 3.05) is 6.61 Å². The molecular formula is C21H24ClN3O3S. The molecule has 0 saturated carbocycles. The van der Waals surface area contributed by atoms with Gasteiger partial charge in [0.2, 0.25) is 5.91 Å². The first-order valence-corrected chi connectivity index (χ1v) is 9.99. The number of amides is 2. The van der Waals surface area contributed by atoms with Gasteiger partial charge in [-0.1, -0.05) is 43.6 Å². The minimum Gasteiger partial charge on any atom is -0.494 e. The molecule has 0 fully saturated rings. The number of halogens is 1. The average molecular weight is 434 g/mol. The van der Waals surface area contributed by atoms with Gasteiger partial charge in [0.25, 0.3) is 5.91 Å². The SMILES string of the molecule is CC(C)CCOc1cccc(C(=O)NC(=S)NNC(=O)Cc2ccc(Cl)cc2)c1. The molecule has 0 aliphatic rings. The summed E-state index contributed by atoms with van der Waals surface area (Å²) in [6.07, 6.45) is 1.08. The molecule has 0 radical (unpaired) electrons. The zero-order valence-corrected chi connectivity index (χ0v) is 17.9. The van der Waals surface area contributed by atoms with Crippen LogP contribution in [0.1, 0.15) is 36.2 Å². The minimum absolute atomic E-state index is 0.00872. The zero-order chi connectivity index (χ0) is 21.2. The molecule has 0 aliphatic carbocycles. The number of carbonyl (C=O) groups excluding carboxylic acids is 2. The van der Waals surface area contributed by atoms with Crippen LogP contribution < -0.4 is 20.9 Å². The van der Waals surface area contributed by atoms with Crippen molar-refractivity contribution in [3.05, 3.63) is 64.7 Å². The number of benzene rings is 2. The van der Waals surface area contributed by atoms with Gasteiger partial charge in [-0.15, -0.1) is 0 Å². The topological polar surface area (TPSA) is 79.5 Å². The molecule has 2 amide bonds. The second-order valence-electron chi connectivity index (χ2n) is 6.82. The first kappa shape index (κ1) is 22.6. The highest BCUT2D eigenvalue weighted by Gasteiger charge is 2.10. The first-order valence-electron chi connectivity index (χ1n) is 9.21. The number of hydrazine groups is 1. The van der Waals surface area contributed by atoms with Crippen molar-refractivity contribution in [2.24, 2.45) is 5.92 Å². The van der Waals surface area contributed by atoms with Crippen LogP contribution in [0.15, 0.2) is 48.5 Å². The molecule has 2 rings (SSSR count). The molecule has 0 bridgehead atoms. The summed E-state index contributed by atoms with van der Waals surface area (Å²) in [5.41, 5.74) is 6.18. The molecule has 0 atom stereocenters. The zero-order valence-electron chi connectivity index (χ0n) is 16.3. The van der Waals surface area contributed by atoms with E-state index in [9.17, 15) is 9.59 Å². The van der Waals surface area contributed by atoms with E-state index < -0.39 is 5.91 Å². The van der Waals surface area contributed by atoms with Crippen LogP contribution in [-0.4, -0.2) is 23.5 Å². The van der Waals surface area contributed by atoms with Gasteiger partial charge >= 0.3 is 0 Å². The van der Waals surface area contributed by atoms with Gasteiger partial charge in [-0.25, -0.2) is 0 Å². The minimum atomic E-state index is -0.399. The highest BCUT2D eigenvalue weighted by molar-refractivity contribution is 7.80. The highest BCUT2D eigenvalue weighted by atomic mass is 35.5. The average Bonchev–Trinajstić information content (AvgIpc) is 2.68. The quantitative estimate of drug-likeness (QED) is 0.459. The smallest absolute Gasteiger partial charge is 0.257 e. The molecule has 2 aromatic rings. The maximum Gasteiger partial charge on any atom is 0.257 e. The van der Waals surface area contributed by atoms with E-state index in [1.54, 1.807) is 48.5 Å². The van der Waals surface area contributed by atoms with E-state index >= 15 is 0 Å². The Balaban J connectivity index is 1.78. The van der Waals surface area contributed by atoms with E-state index in [1.165, 1.54) is 0 Å². The predicted molar refractivity (Wildman–Crippen MR) is 118 cm³/mol. The van der Waals surface area contributed by atoms with Crippen molar-refractivity contribution in [1.29, 1.82) is 0 Å². The Hall–Kier alpha value is -2.64. The van der Waals surface area contributed by atoms with Crippen LogP contribution in [0.25, 0.3) is 0 Å². The standard InChI is InChI=1S/C21H24ClN3O3S/c1-14(2)10-11-28-18-5-3-4-16(13-18)20(27)23-21(29)25-24-19(26)12-15-6-8-17(22)9-7-15/h3-9,13-14H,10-12H2,1-2H3,(H,24,26)(H2,23,25,27,29). The monoisotopic (exact) mass is 433 g/mol.